The lowest BCUT2D eigenvalue weighted by Gasteiger charge is -1.99. The van der Waals surface area contributed by atoms with Crippen LogP contribution >= 0.6 is 11.3 Å². The Kier molecular flexibility index (Phi) is 3.58. The van der Waals surface area contributed by atoms with Gasteiger partial charge in [-0.25, -0.2) is 4.98 Å². The van der Waals surface area contributed by atoms with E-state index in [1.165, 1.54) is 12.8 Å². The van der Waals surface area contributed by atoms with E-state index in [-0.39, 0.29) is 0 Å². The van der Waals surface area contributed by atoms with E-state index < -0.39 is 0 Å². The van der Waals surface area contributed by atoms with Gasteiger partial charge in [-0.15, -0.1) is 11.3 Å². The zero-order valence-corrected chi connectivity index (χ0v) is 11.4. The van der Waals surface area contributed by atoms with Crippen molar-refractivity contribution in [1.29, 1.82) is 5.26 Å². The van der Waals surface area contributed by atoms with Gasteiger partial charge in [0.25, 0.3) is 0 Å². The van der Waals surface area contributed by atoms with Gasteiger partial charge in [0, 0.05) is 17.5 Å². The van der Waals surface area contributed by atoms with Crippen molar-refractivity contribution in [2.75, 3.05) is 6.54 Å². The van der Waals surface area contributed by atoms with Crippen LogP contribution in [-0.2, 0) is 6.54 Å². The summed E-state index contributed by atoms with van der Waals surface area (Å²) in [5.74, 6) is 0.895. The molecule has 3 nitrogen and oxygen atoms in total. The van der Waals surface area contributed by atoms with Gasteiger partial charge in [0.05, 0.1) is 17.3 Å². The van der Waals surface area contributed by atoms with Crippen molar-refractivity contribution < 1.29 is 0 Å². The Balaban J connectivity index is 1.67. The van der Waals surface area contributed by atoms with Crippen molar-refractivity contribution in [2.24, 2.45) is 5.92 Å². The summed E-state index contributed by atoms with van der Waals surface area (Å²) in [6, 6.07) is 9.76. The van der Waals surface area contributed by atoms with Crippen molar-refractivity contribution in [1.82, 2.24) is 10.3 Å². The predicted octanol–water partition coefficient (Wildman–Crippen LogP) is 3.18. The van der Waals surface area contributed by atoms with Crippen molar-refractivity contribution in [3.05, 3.63) is 40.2 Å². The summed E-state index contributed by atoms with van der Waals surface area (Å²) in [5, 5.41) is 15.5. The van der Waals surface area contributed by atoms with Crippen LogP contribution in [0.4, 0.5) is 0 Å². The average Bonchev–Trinajstić information content (AvgIpc) is 3.15. The van der Waals surface area contributed by atoms with Gasteiger partial charge < -0.3 is 5.32 Å². The van der Waals surface area contributed by atoms with Crippen molar-refractivity contribution in [3.8, 4) is 17.3 Å². The van der Waals surface area contributed by atoms with Crippen LogP contribution in [0.5, 0.6) is 0 Å². The van der Waals surface area contributed by atoms with Crippen LogP contribution in [0.1, 0.15) is 23.4 Å². The fourth-order valence-electron chi connectivity index (χ4n) is 1.98. The molecule has 0 saturated heterocycles. The number of nitriles is 1. The molecule has 1 heterocycles. The van der Waals surface area contributed by atoms with E-state index in [0.717, 1.165) is 35.3 Å². The number of hydrogen-bond donors (Lipinski definition) is 1. The Hall–Kier alpha value is -1.70. The fourth-order valence-corrected chi connectivity index (χ4v) is 2.75. The molecule has 0 radical (unpaired) electrons. The first-order valence-electron chi connectivity index (χ1n) is 6.51. The molecule has 1 saturated carbocycles. The van der Waals surface area contributed by atoms with E-state index >= 15 is 0 Å². The topological polar surface area (TPSA) is 48.7 Å². The fraction of sp³-hybridized carbons (Fsp3) is 0.333. The van der Waals surface area contributed by atoms with E-state index in [2.05, 4.69) is 21.8 Å². The van der Waals surface area contributed by atoms with Gasteiger partial charge in [-0.05, 0) is 37.4 Å². The number of aromatic nitrogens is 1. The van der Waals surface area contributed by atoms with Crippen LogP contribution in [-0.4, -0.2) is 11.5 Å². The highest BCUT2D eigenvalue weighted by molar-refractivity contribution is 7.09. The molecule has 0 aliphatic heterocycles. The molecule has 0 atom stereocenters. The Bertz CT molecular complexity index is 608. The Morgan fingerprint density at radius 1 is 1.42 bits per heavy atom. The summed E-state index contributed by atoms with van der Waals surface area (Å²) in [4.78, 5) is 4.62. The largest absolute Gasteiger partial charge is 0.310 e. The second kappa shape index (κ2) is 5.52. The number of rotatable bonds is 5. The van der Waals surface area contributed by atoms with Gasteiger partial charge in [0.15, 0.2) is 0 Å². The summed E-state index contributed by atoms with van der Waals surface area (Å²) >= 11 is 1.67. The van der Waals surface area contributed by atoms with Crippen LogP contribution in [0.25, 0.3) is 11.3 Å². The molecule has 4 heteroatoms. The van der Waals surface area contributed by atoms with E-state index in [9.17, 15) is 0 Å². The number of thiazole rings is 1. The number of benzene rings is 1. The maximum atomic E-state index is 8.91. The maximum Gasteiger partial charge on any atom is 0.107 e. The molecule has 0 unspecified atom stereocenters. The minimum atomic E-state index is 0.680. The molecule has 1 aliphatic rings. The third kappa shape index (κ3) is 3.19. The lowest BCUT2D eigenvalue weighted by Crippen LogP contribution is -2.15. The molecular weight excluding hydrogens is 254 g/mol. The third-order valence-electron chi connectivity index (χ3n) is 3.25. The van der Waals surface area contributed by atoms with Gasteiger partial charge in [-0.1, -0.05) is 12.1 Å². The predicted molar refractivity (Wildman–Crippen MR) is 76.7 cm³/mol. The average molecular weight is 269 g/mol. The molecule has 1 N–H and O–H groups in total. The molecule has 19 heavy (non-hydrogen) atoms. The number of nitrogens with zero attached hydrogens (tertiary/aromatic N) is 2. The second-order valence-corrected chi connectivity index (χ2v) is 5.84. The highest BCUT2D eigenvalue weighted by Crippen LogP contribution is 2.28. The highest BCUT2D eigenvalue weighted by atomic mass is 32.1. The lowest BCUT2D eigenvalue weighted by molar-refractivity contribution is 0.637. The molecule has 1 fully saturated rings. The second-order valence-electron chi connectivity index (χ2n) is 4.89. The minimum Gasteiger partial charge on any atom is -0.310 e. The van der Waals surface area contributed by atoms with Crippen LogP contribution < -0.4 is 5.32 Å². The van der Waals surface area contributed by atoms with E-state index in [0.29, 0.717) is 5.56 Å². The molecule has 0 spiro atoms. The monoisotopic (exact) mass is 269 g/mol. The molecule has 1 aromatic heterocycles. The molecule has 96 valence electrons. The van der Waals surface area contributed by atoms with Gasteiger partial charge >= 0.3 is 0 Å². The first kappa shape index (κ1) is 12.3. The maximum absolute atomic E-state index is 8.91. The smallest absolute Gasteiger partial charge is 0.107 e. The van der Waals surface area contributed by atoms with Crippen LogP contribution in [0, 0.1) is 17.2 Å². The molecule has 1 aliphatic carbocycles. The SMILES string of the molecule is N#Cc1cccc(-c2csc(CNCC3CC3)n2)c1. The van der Waals surface area contributed by atoms with Gasteiger partial charge in [0.2, 0.25) is 0 Å². The zero-order chi connectivity index (χ0) is 13.1. The van der Waals surface area contributed by atoms with Gasteiger partial charge in [-0.2, -0.15) is 5.26 Å². The van der Waals surface area contributed by atoms with Crippen molar-refractivity contribution >= 4 is 11.3 Å². The van der Waals surface area contributed by atoms with Crippen LogP contribution in [0.15, 0.2) is 29.6 Å². The van der Waals surface area contributed by atoms with Gasteiger partial charge in [-0.3, -0.25) is 0 Å². The van der Waals surface area contributed by atoms with Crippen LogP contribution in [0.3, 0.4) is 0 Å². The normalized spacial score (nSPS) is 14.3. The van der Waals surface area contributed by atoms with Crippen molar-refractivity contribution in [3.63, 3.8) is 0 Å². The molecule has 0 amide bonds. The van der Waals surface area contributed by atoms with E-state index in [4.69, 9.17) is 5.26 Å². The molecular formula is C15H15N3S. The molecule has 3 rings (SSSR count). The Morgan fingerprint density at radius 3 is 3.11 bits per heavy atom. The first-order chi connectivity index (χ1) is 9.35. The molecule has 0 bridgehead atoms. The van der Waals surface area contributed by atoms with Crippen LogP contribution in [0.2, 0.25) is 0 Å². The summed E-state index contributed by atoms with van der Waals surface area (Å²) < 4.78 is 0. The minimum absolute atomic E-state index is 0.680. The summed E-state index contributed by atoms with van der Waals surface area (Å²) in [7, 11) is 0. The zero-order valence-electron chi connectivity index (χ0n) is 10.6. The summed E-state index contributed by atoms with van der Waals surface area (Å²) in [5.41, 5.74) is 2.66. The summed E-state index contributed by atoms with van der Waals surface area (Å²) in [6.45, 7) is 1.96. The molecule has 2 aromatic rings. The highest BCUT2D eigenvalue weighted by Gasteiger charge is 2.20. The number of nitrogens with one attached hydrogen (secondary N) is 1. The van der Waals surface area contributed by atoms with E-state index in [1.807, 2.05) is 24.3 Å². The Labute approximate surface area is 116 Å². The quantitative estimate of drug-likeness (QED) is 0.907. The lowest BCUT2D eigenvalue weighted by atomic mass is 10.1. The first-order valence-corrected chi connectivity index (χ1v) is 7.39. The number of hydrogen-bond acceptors (Lipinski definition) is 4. The van der Waals surface area contributed by atoms with Crippen molar-refractivity contribution in [2.45, 2.75) is 19.4 Å². The Morgan fingerprint density at radius 2 is 2.32 bits per heavy atom. The summed E-state index contributed by atoms with van der Waals surface area (Å²) in [6.07, 6.45) is 2.74. The standard InChI is InChI=1S/C15H15N3S/c16-7-12-2-1-3-13(6-12)14-10-19-15(18-14)9-17-8-11-4-5-11/h1-3,6,10-11,17H,4-5,8-9H2. The van der Waals surface area contributed by atoms with E-state index in [1.54, 1.807) is 11.3 Å². The third-order valence-corrected chi connectivity index (χ3v) is 4.09. The van der Waals surface area contributed by atoms with Gasteiger partial charge in [0.1, 0.15) is 5.01 Å². The molecule has 1 aromatic carbocycles.